The van der Waals surface area contributed by atoms with Gasteiger partial charge in [-0.05, 0) is 55.2 Å². The quantitative estimate of drug-likeness (QED) is 0.625. The molecule has 2 fully saturated rings. The molecule has 1 aliphatic heterocycles. The summed E-state index contributed by atoms with van der Waals surface area (Å²) in [6, 6.07) is 15.8. The lowest BCUT2D eigenvalue weighted by molar-refractivity contribution is 0.162. The van der Waals surface area contributed by atoms with Crippen LogP contribution in [-0.2, 0) is 0 Å². The Labute approximate surface area is 166 Å². The van der Waals surface area contributed by atoms with Crippen molar-refractivity contribution in [1.29, 1.82) is 0 Å². The minimum absolute atomic E-state index is 0.307. The molecule has 2 nitrogen and oxygen atoms in total. The van der Waals surface area contributed by atoms with E-state index in [-0.39, 0.29) is 0 Å². The van der Waals surface area contributed by atoms with Crippen molar-refractivity contribution in [1.82, 2.24) is 4.90 Å². The third-order valence-corrected chi connectivity index (χ3v) is 6.47. The number of anilines is 1. The monoisotopic (exact) mass is 388 g/mol. The number of halogens is 2. The summed E-state index contributed by atoms with van der Waals surface area (Å²) in [5, 5.41) is 1.63. The molecule has 2 aromatic rings. The van der Waals surface area contributed by atoms with Gasteiger partial charge >= 0.3 is 0 Å². The van der Waals surface area contributed by atoms with Gasteiger partial charge in [0.15, 0.2) is 0 Å². The molecule has 4 heteroatoms. The first kappa shape index (κ1) is 18.2. The molecule has 0 N–H and O–H groups in total. The average Bonchev–Trinajstić information content (AvgIpc) is 3.17. The van der Waals surface area contributed by atoms with Crippen LogP contribution >= 0.6 is 23.2 Å². The van der Waals surface area contributed by atoms with E-state index < -0.39 is 0 Å². The smallest absolute Gasteiger partial charge is 0.0670 e. The van der Waals surface area contributed by atoms with Crippen molar-refractivity contribution >= 4 is 28.9 Å². The molecular weight excluding hydrogens is 363 g/mol. The van der Waals surface area contributed by atoms with Gasteiger partial charge in [-0.1, -0.05) is 54.2 Å². The lowest BCUT2D eigenvalue weighted by Gasteiger charge is -2.45. The van der Waals surface area contributed by atoms with Crippen molar-refractivity contribution in [2.75, 3.05) is 24.5 Å². The van der Waals surface area contributed by atoms with Crippen LogP contribution in [0.4, 0.5) is 5.69 Å². The van der Waals surface area contributed by atoms with Crippen LogP contribution in [0.5, 0.6) is 0 Å². The summed E-state index contributed by atoms with van der Waals surface area (Å²) in [6.07, 6.45) is 5.44. The predicted octanol–water partition coefficient (Wildman–Crippen LogP) is 6.11. The van der Waals surface area contributed by atoms with Crippen LogP contribution in [0.1, 0.15) is 42.9 Å². The fourth-order valence-corrected chi connectivity index (χ4v) is 4.98. The van der Waals surface area contributed by atoms with E-state index in [4.69, 9.17) is 23.2 Å². The molecule has 1 aliphatic carbocycles. The van der Waals surface area contributed by atoms with Crippen molar-refractivity contribution in [2.45, 2.75) is 44.7 Å². The number of rotatable bonds is 3. The number of aryl methyl sites for hydroxylation is 1. The SMILES string of the molecule is Cc1ccc(N2CCN(C3CCCC3)CC2c2ccc(Cl)cc2)c(Cl)c1. The molecule has 1 saturated heterocycles. The van der Waals surface area contributed by atoms with E-state index in [0.29, 0.717) is 6.04 Å². The zero-order valence-electron chi connectivity index (χ0n) is 15.3. The lowest BCUT2D eigenvalue weighted by Crippen LogP contribution is -2.51. The van der Waals surface area contributed by atoms with Crippen molar-refractivity contribution < 1.29 is 0 Å². The van der Waals surface area contributed by atoms with Crippen LogP contribution in [0, 0.1) is 6.92 Å². The summed E-state index contributed by atoms with van der Waals surface area (Å²) in [5.74, 6) is 0. The van der Waals surface area contributed by atoms with E-state index in [0.717, 1.165) is 41.4 Å². The first-order chi connectivity index (χ1) is 12.6. The lowest BCUT2D eigenvalue weighted by atomic mass is 9.99. The van der Waals surface area contributed by atoms with E-state index in [1.807, 2.05) is 12.1 Å². The first-order valence-corrected chi connectivity index (χ1v) is 10.4. The molecular formula is C22H26Cl2N2. The Morgan fingerprint density at radius 1 is 0.923 bits per heavy atom. The number of hydrogen-bond donors (Lipinski definition) is 0. The molecule has 138 valence electrons. The largest absolute Gasteiger partial charge is 0.361 e. The van der Waals surface area contributed by atoms with Crippen molar-refractivity contribution in [3.63, 3.8) is 0 Å². The number of hydrogen-bond acceptors (Lipinski definition) is 2. The Morgan fingerprint density at radius 2 is 1.65 bits per heavy atom. The zero-order valence-corrected chi connectivity index (χ0v) is 16.8. The third-order valence-electron chi connectivity index (χ3n) is 5.92. The maximum atomic E-state index is 6.63. The zero-order chi connectivity index (χ0) is 18.1. The van der Waals surface area contributed by atoms with Gasteiger partial charge in [-0.3, -0.25) is 4.90 Å². The predicted molar refractivity (Wildman–Crippen MR) is 112 cm³/mol. The highest BCUT2D eigenvalue weighted by Crippen LogP contribution is 2.37. The normalized spacial score (nSPS) is 22.1. The molecule has 26 heavy (non-hydrogen) atoms. The van der Waals surface area contributed by atoms with Crippen LogP contribution in [0.2, 0.25) is 10.0 Å². The second-order valence-corrected chi connectivity index (χ2v) is 8.49. The summed E-state index contributed by atoms with van der Waals surface area (Å²) in [7, 11) is 0. The second-order valence-electron chi connectivity index (χ2n) is 7.65. The first-order valence-electron chi connectivity index (χ1n) is 9.64. The van der Waals surface area contributed by atoms with E-state index in [1.54, 1.807) is 0 Å². The maximum absolute atomic E-state index is 6.63. The van der Waals surface area contributed by atoms with Crippen molar-refractivity contribution in [3.8, 4) is 0 Å². The molecule has 0 radical (unpaired) electrons. The Kier molecular flexibility index (Phi) is 5.45. The maximum Gasteiger partial charge on any atom is 0.0670 e. The second kappa shape index (κ2) is 7.80. The summed E-state index contributed by atoms with van der Waals surface area (Å²) in [5.41, 5.74) is 3.66. The third kappa shape index (κ3) is 3.74. The van der Waals surface area contributed by atoms with E-state index in [2.05, 4.69) is 47.1 Å². The van der Waals surface area contributed by atoms with Crippen LogP contribution in [-0.4, -0.2) is 30.6 Å². The Hall–Kier alpha value is -1.22. The van der Waals surface area contributed by atoms with E-state index >= 15 is 0 Å². The summed E-state index contributed by atoms with van der Waals surface area (Å²) >= 11 is 12.8. The summed E-state index contributed by atoms with van der Waals surface area (Å²) in [4.78, 5) is 5.18. The highest BCUT2D eigenvalue weighted by molar-refractivity contribution is 6.33. The van der Waals surface area contributed by atoms with Crippen LogP contribution in [0.25, 0.3) is 0 Å². The van der Waals surface area contributed by atoms with Gasteiger partial charge in [0.05, 0.1) is 16.8 Å². The summed E-state index contributed by atoms with van der Waals surface area (Å²) < 4.78 is 0. The molecule has 1 heterocycles. The minimum Gasteiger partial charge on any atom is -0.361 e. The van der Waals surface area contributed by atoms with Gasteiger partial charge in [0.25, 0.3) is 0 Å². The molecule has 0 spiro atoms. The fraction of sp³-hybridized carbons (Fsp3) is 0.455. The van der Waals surface area contributed by atoms with Gasteiger partial charge in [0.2, 0.25) is 0 Å². The molecule has 1 unspecified atom stereocenters. The standard InChI is InChI=1S/C22H26Cl2N2/c1-16-6-11-21(20(24)14-16)26-13-12-25(19-4-2-3-5-19)15-22(26)17-7-9-18(23)10-8-17/h6-11,14,19,22H,2-5,12-13,15H2,1H3. The molecule has 1 saturated carbocycles. The topological polar surface area (TPSA) is 6.48 Å². The molecule has 1 atom stereocenters. The van der Waals surface area contributed by atoms with Crippen LogP contribution < -0.4 is 4.90 Å². The highest BCUT2D eigenvalue weighted by atomic mass is 35.5. The van der Waals surface area contributed by atoms with Gasteiger partial charge in [-0.2, -0.15) is 0 Å². The highest BCUT2D eigenvalue weighted by Gasteiger charge is 2.33. The van der Waals surface area contributed by atoms with E-state index in [1.165, 1.54) is 36.8 Å². The molecule has 0 aromatic heterocycles. The van der Waals surface area contributed by atoms with Gasteiger partial charge < -0.3 is 4.90 Å². The van der Waals surface area contributed by atoms with Gasteiger partial charge in [-0.25, -0.2) is 0 Å². The average molecular weight is 389 g/mol. The summed E-state index contributed by atoms with van der Waals surface area (Å²) in [6.45, 7) is 5.26. The fourth-order valence-electron chi connectivity index (χ4n) is 4.51. The van der Waals surface area contributed by atoms with Gasteiger partial charge in [0, 0.05) is 30.7 Å². The van der Waals surface area contributed by atoms with E-state index in [9.17, 15) is 0 Å². The van der Waals surface area contributed by atoms with Crippen LogP contribution in [0.3, 0.4) is 0 Å². The molecule has 4 rings (SSSR count). The van der Waals surface area contributed by atoms with Crippen molar-refractivity contribution in [3.05, 3.63) is 63.6 Å². The molecule has 0 amide bonds. The van der Waals surface area contributed by atoms with Crippen LogP contribution in [0.15, 0.2) is 42.5 Å². The Morgan fingerprint density at radius 3 is 2.35 bits per heavy atom. The molecule has 0 bridgehead atoms. The minimum atomic E-state index is 0.307. The number of nitrogens with zero attached hydrogens (tertiary/aromatic N) is 2. The number of piperazine rings is 1. The van der Waals surface area contributed by atoms with Gasteiger partial charge in [0.1, 0.15) is 0 Å². The van der Waals surface area contributed by atoms with Crippen molar-refractivity contribution in [2.24, 2.45) is 0 Å². The van der Waals surface area contributed by atoms with Gasteiger partial charge in [-0.15, -0.1) is 0 Å². The number of benzene rings is 2. The Bertz CT molecular complexity index is 753. The Balaban J connectivity index is 1.66. The molecule has 2 aliphatic rings. The molecule has 2 aromatic carbocycles.